The van der Waals surface area contributed by atoms with Gasteiger partial charge in [-0.05, 0) is 56.0 Å². The lowest BCUT2D eigenvalue weighted by Crippen LogP contribution is -2.26. The molecule has 1 aromatic carbocycles. The van der Waals surface area contributed by atoms with Crippen molar-refractivity contribution < 1.29 is 9.18 Å². The molecular weight excluding hydrogens is 243 g/mol. The first-order chi connectivity index (χ1) is 9.24. The van der Waals surface area contributed by atoms with Crippen molar-refractivity contribution in [1.82, 2.24) is 10.6 Å². The van der Waals surface area contributed by atoms with Gasteiger partial charge in [-0.25, -0.2) is 4.39 Å². The minimum atomic E-state index is -0.238. The van der Waals surface area contributed by atoms with Crippen LogP contribution in [0.15, 0.2) is 24.3 Å². The number of amides is 1. The summed E-state index contributed by atoms with van der Waals surface area (Å²) in [6, 6.07) is 6.32. The quantitative estimate of drug-likeness (QED) is 0.823. The van der Waals surface area contributed by atoms with Crippen molar-refractivity contribution in [3.63, 3.8) is 0 Å². The van der Waals surface area contributed by atoms with E-state index in [0.717, 1.165) is 31.6 Å². The average Bonchev–Trinajstić information content (AvgIpc) is 2.91. The second-order valence-electron chi connectivity index (χ2n) is 5.12. The highest BCUT2D eigenvalue weighted by molar-refractivity contribution is 5.76. The van der Waals surface area contributed by atoms with Crippen LogP contribution in [-0.2, 0) is 11.2 Å². The first kappa shape index (κ1) is 14.0. The van der Waals surface area contributed by atoms with Gasteiger partial charge in [0, 0.05) is 13.0 Å². The molecule has 104 valence electrons. The Bertz CT molecular complexity index is 399. The third-order valence-corrected chi connectivity index (χ3v) is 3.59. The van der Waals surface area contributed by atoms with E-state index in [9.17, 15) is 9.18 Å². The molecule has 1 aliphatic rings. The van der Waals surface area contributed by atoms with Gasteiger partial charge in [0.2, 0.25) is 5.91 Å². The highest BCUT2D eigenvalue weighted by atomic mass is 19.1. The van der Waals surface area contributed by atoms with Gasteiger partial charge in [0.25, 0.3) is 0 Å². The van der Waals surface area contributed by atoms with Gasteiger partial charge in [-0.2, -0.15) is 0 Å². The molecule has 2 rings (SSSR count). The fourth-order valence-electron chi connectivity index (χ4n) is 2.37. The van der Waals surface area contributed by atoms with E-state index in [-0.39, 0.29) is 11.7 Å². The molecule has 4 heteroatoms. The lowest BCUT2D eigenvalue weighted by molar-refractivity contribution is -0.121. The van der Waals surface area contributed by atoms with E-state index in [1.165, 1.54) is 18.6 Å². The zero-order chi connectivity index (χ0) is 13.5. The van der Waals surface area contributed by atoms with E-state index in [0.29, 0.717) is 18.8 Å². The van der Waals surface area contributed by atoms with Gasteiger partial charge in [-0.1, -0.05) is 12.1 Å². The summed E-state index contributed by atoms with van der Waals surface area (Å²) in [7, 11) is 0. The molecule has 0 radical (unpaired) electrons. The predicted molar refractivity (Wildman–Crippen MR) is 73.3 cm³/mol. The number of carbonyl (C=O) groups excluding carboxylic acids is 1. The molecule has 1 amide bonds. The average molecular weight is 264 g/mol. The second-order valence-corrected chi connectivity index (χ2v) is 5.12. The van der Waals surface area contributed by atoms with Crippen molar-refractivity contribution in [3.8, 4) is 0 Å². The van der Waals surface area contributed by atoms with E-state index >= 15 is 0 Å². The Balaban J connectivity index is 1.60. The van der Waals surface area contributed by atoms with E-state index < -0.39 is 0 Å². The summed E-state index contributed by atoms with van der Waals surface area (Å²) in [5, 5.41) is 6.27. The molecule has 2 N–H and O–H groups in total. The molecule has 0 saturated carbocycles. The van der Waals surface area contributed by atoms with Crippen LogP contribution < -0.4 is 10.6 Å². The molecule has 3 nitrogen and oxygen atoms in total. The van der Waals surface area contributed by atoms with Crippen LogP contribution in [0.2, 0.25) is 0 Å². The number of carbonyl (C=O) groups is 1. The number of benzene rings is 1. The van der Waals surface area contributed by atoms with E-state index in [4.69, 9.17) is 0 Å². The number of aryl methyl sites for hydroxylation is 1. The highest BCUT2D eigenvalue weighted by Crippen LogP contribution is 2.11. The zero-order valence-corrected chi connectivity index (χ0v) is 11.1. The lowest BCUT2D eigenvalue weighted by atomic mass is 10.1. The maximum absolute atomic E-state index is 12.7. The summed E-state index contributed by atoms with van der Waals surface area (Å²) < 4.78 is 12.7. The summed E-state index contributed by atoms with van der Waals surface area (Å²) in [6.07, 6.45) is 3.40. The second kappa shape index (κ2) is 7.24. The molecule has 0 bridgehead atoms. The summed E-state index contributed by atoms with van der Waals surface area (Å²) >= 11 is 0. The number of nitrogens with one attached hydrogen (secondary N) is 2. The Morgan fingerprint density at radius 2 is 2.16 bits per heavy atom. The van der Waals surface area contributed by atoms with Gasteiger partial charge in [-0.15, -0.1) is 0 Å². The normalized spacial score (nSPS) is 18.5. The van der Waals surface area contributed by atoms with E-state index in [1.54, 1.807) is 12.1 Å². The smallest absolute Gasteiger partial charge is 0.220 e. The van der Waals surface area contributed by atoms with Crippen molar-refractivity contribution in [1.29, 1.82) is 0 Å². The molecule has 19 heavy (non-hydrogen) atoms. The van der Waals surface area contributed by atoms with Gasteiger partial charge < -0.3 is 10.6 Å². The predicted octanol–water partition coefficient (Wildman–Crippen LogP) is 1.87. The first-order valence-electron chi connectivity index (χ1n) is 6.96. The number of hydrogen-bond acceptors (Lipinski definition) is 2. The van der Waals surface area contributed by atoms with Crippen molar-refractivity contribution in [2.45, 2.75) is 25.7 Å². The molecule has 1 aromatic rings. The van der Waals surface area contributed by atoms with Crippen LogP contribution in [0.4, 0.5) is 4.39 Å². The molecule has 1 aliphatic heterocycles. The molecule has 1 fully saturated rings. The summed E-state index contributed by atoms with van der Waals surface area (Å²) in [6.45, 7) is 2.93. The number of halogens is 1. The fourth-order valence-corrected chi connectivity index (χ4v) is 2.37. The fraction of sp³-hybridized carbons (Fsp3) is 0.533. The molecule has 1 unspecified atom stereocenters. The van der Waals surface area contributed by atoms with Gasteiger partial charge in [0.1, 0.15) is 5.82 Å². The van der Waals surface area contributed by atoms with Crippen molar-refractivity contribution in [2.24, 2.45) is 5.92 Å². The van der Waals surface area contributed by atoms with Gasteiger partial charge in [0.05, 0.1) is 0 Å². The Labute approximate surface area is 113 Å². The molecule has 0 aromatic heterocycles. The Hall–Kier alpha value is -1.42. The molecule has 0 aliphatic carbocycles. The largest absolute Gasteiger partial charge is 0.356 e. The summed E-state index contributed by atoms with van der Waals surface area (Å²) in [4.78, 5) is 11.7. The minimum absolute atomic E-state index is 0.0790. The number of rotatable bonds is 6. The van der Waals surface area contributed by atoms with Crippen molar-refractivity contribution in [2.75, 3.05) is 19.6 Å². The van der Waals surface area contributed by atoms with Crippen LogP contribution in [0.3, 0.4) is 0 Å². The Morgan fingerprint density at radius 3 is 2.84 bits per heavy atom. The molecular formula is C15H21FN2O. The van der Waals surface area contributed by atoms with Crippen molar-refractivity contribution >= 4 is 5.91 Å². The van der Waals surface area contributed by atoms with Crippen LogP contribution >= 0.6 is 0 Å². The van der Waals surface area contributed by atoms with Crippen LogP contribution in [0, 0.1) is 11.7 Å². The Kier molecular flexibility index (Phi) is 5.33. The first-order valence-corrected chi connectivity index (χ1v) is 6.96. The van der Waals surface area contributed by atoms with E-state index in [2.05, 4.69) is 10.6 Å². The van der Waals surface area contributed by atoms with Gasteiger partial charge >= 0.3 is 0 Å². The third kappa shape index (κ3) is 4.99. The van der Waals surface area contributed by atoms with Gasteiger partial charge in [-0.3, -0.25) is 4.79 Å². The number of hydrogen-bond donors (Lipinski definition) is 2. The highest BCUT2D eigenvalue weighted by Gasteiger charge is 2.13. The van der Waals surface area contributed by atoms with Crippen LogP contribution in [-0.4, -0.2) is 25.5 Å². The maximum atomic E-state index is 12.7. The van der Waals surface area contributed by atoms with Crippen LogP contribution in [0.1, 0.15) is 24.8 Å². The standard InChI is InChI=1S/C15H21FN2O/c16-14-4-1-12(2-5-14)3-6-15(19)18-10-8-13-7-9-17-11-13/h1-2,4-5,13,17H,3,6-11H2,(H,18,19). The zero-order valence-electron chi connectivity index (χ0n) is 11.1. The minimum Gasteiger partial charge on any atom is -0.356 e. The molecule has 1 saturated heterocycles. The van der Waals surface area contributed by atoms with Crippen molar-refractivity contribution in [3.05, 3.63) is 35.6 Å². The SMILES string of the molecule is O=C(CCc1ccc(F)cc1)NCCC1CCNC1. The molecule has 1 heterocycles. The monoisotopic (exact) mass is 264 g/mol. The summed E-state index contributed by atoms with van der Waals surface area (Å²) in [5.74, 6) is 0.547. The molecule has 0 spiro atoms. The van der Waals surface area contributed by atoms with Gasteiger partial charge in [0.15, 0.2) is 0 Å². The molecule has 1 atom stereocenters. The lowest BCUT2D eigenvalue weighted by Gasteiger charge is -2.09. The Morgan fingerprint density at radius 1 is 1.37 bits per heavy atom. The summed E-state index contributed by atoms with van der Waals surface area (Å²) in [5.41, 5.74) is 0.997. The third-order valence-electron chi connectivity index (χ3n) is 3.59. The topological polar surface area (TPSA) is 41.1 Å². The van der Waals surface area contributed by atoms with E-state index in [1.807, 2.05) is 0 Å². The van der Waals surface area contributed by atoms with Crippen LogP contribution in [0.5, 0.6) is 0 Å². The maximum Gasteiger partial charge on any atom is 0.220 e. The van der Waals surface area contributed by atoms with Crippen LogP contribution in [0.25, 0.3) is 0 Å².